The Balaban J connectivity index is 2.58. The average Bonchev–Trinajstić information content (AvgIpc) is 2.50. The summed E-state index contributed by atoms with van der Waals surface area (Å²) in [7, 11) is 0. The van der Waals surface area contributed by atoms with Gasteiger partial charge in [-0.1, -0.05) is 36.6 Å². The Morgan fingerprint density at radius 1 is 0.957 bits per heavy atom. The van der Waals surface area contributed by atoms with Gasteiger partial charge in [-0.15, -0.1) is 0 Å². The summed E-state index contributed by atoms with van der Waals surface area (Å²) >= 11 is 0. The summed E-state index contributed by atoms with van der Waals surface area (Å²) in [5.74, 6) is 0.805. The van der Waals surface area contributed by atoms with Crippen molar-refractivity contribution in [3.63, 3.8) is 0 Å². The van der Waals surface area contributed by atoms with Crippen molar-refractivity contribution in [2.24, 2.45) is 5.92 Å². The van der Waals surface area contributed by atoms with Crippen molar-refractivity contribution in [1.29, 1.82) is 0 Å². The van der Waals surface area contributed by atoms with Crippen molar-refractivity contribution in [2.75, 3.05) is 0 Å². The van der Waals surface area contributed by atoms with Crippen molar-refractivity contribution in [1.82, 2.24) is 0 Å². The van der Waals surface area contributed by atoms with Gasteiger partial charge in [0.1, 0.15) is 11.6 Å². The fourth-order valence-corrected chi connectivity index (χ4v) is 3.05. The van der Waals surface area contributed by atoms with Crippen LogP contribution in [-0.2, 0) is 9.59 Å². The highest BCUT2D eigenvalue weighted by Crippen LogP contribution is 2.19. The van der Waals surface area contributed by atoms with E-state index in [0.717, 1.165) is 44.9 Å². The van der Waals surface area contributed by atoms with E-state index >= 15 is 0 Å². The standard InChI is InChI=1S/C21H34O2/c1-18(2)16-17-19-12-9-7-5-3-4-6-8-10-13-20(22)14-11-15-21(19)23/h5,7,16,19H,3-4,6,8-15,17H2,1-2H3/b7-5-. The van der Waals surface area contributed by atoms with Crippen LogP contribution in [0.2, 0.25) is 0 Å². The monoisotopic (exact) mass is 318 g/mol. The van der Waals surface area contributed by atoms with E-state index in [2.05, 4.69) is 32.1 Å². The number of rotatable bonds is 2. The Hall–Kier alpha value is -1.18. The van der Waals surface area contributed by atoms with Gasteiger partial charge in [-0.3, -0.25) is 9.59 Å². The summed E-state index contributed by atoms with van der Waals surface area (Å²) in [5, 5.41) is 0. The summed E-state index contributed by atoms with van der Waals surface area (Å²) in [6.07, 6.45) is 17.8. The smallest absolute Gasteiger partial charge is 0.136 e. The maximum Gasteiger partial charge on any atom is 0.136 e. The Morgan fingerprint density at radius 2 is 1.65 bits per heavy atom. The molecule has 2 nitrogen and oxygen atoms in total. The average molecular weight is 319 g/mol. The van der Waals surface area contributed by atoms with Crippen LogP contribution in [-0.4, -0.2) is 11.6 Å². The normalized spacial score (nSPS) is 24.2. The molecule has 0 aromatic carbocycles. The first-order valence-corrected chi connectivity index (χ1v) is 9.42. The zero-order valence-corrected chi connectivity index (χ0v) is 15.1. The van der Waals surface area contributed by atoms with E-state index in [0.29, 0.717) is 30.8 Å². The fourth-order valence-electron chi connectivity index (χ4n) is 3.05. The van der Waals surface area contributed by atoms with Crippen molar-refractivity contribution in [3.8, 4) is 0 Å². The summed E-state index contributed by atoms with van der Waals surface area (Å²) in [6.45, 7) is 4.16. The van der Waals surface area contributed by atoms with Gasteiger partial charge in [0, 0.05) is 25.2 Å². The van der Waals surface area contributed by atoms with Crippen LogP contribution in [0, 0.1) is 5.92 Å². The molecule has 1 aliphatic rings. The molecule has 0 radical (unpaired) electrons. The predicted molar refractivity (Wildman–Crippen MR) is 97.5 cm³/mol. The molecule has 0 N–H and O–H groups in total. The van der Waals surface area contributed by atoms with E-state index in [1.54, 1.807) is 0 Å². The molecule has 1 atom stereocenters. The molecule has 1 rings (SSSR count). The lowest BCUT2D eigenvalue weighted by molar-refractivity contribution is -0.123. The number of carbonyl (C=O) groups excluding carboxylic acids is 2. The second-order valence-corrected chi connectivity index (χ2v) is 7.07. The van der Waals surface area contributed by atoms with E-state index in [9.17, 15) is 9.59 Å². The minimum absolute atomic E-state index is 0.123. The number of Topliss-reactive ketones (excluding diaryl/α,β-unsaturated/α-hetero) is 2. The molecule has 0 aromatic heterocycles. The maximum absolute atomic E-state index is 12.5. The first-order chi connectivity index (χ1) is 11.1. The summed E-state index contributed by atoms with van der Waals surface area (Å²) < 4.78 is 0. The molecule has 2 heteroatoms. The molecule has 0 amide bonds. The van der Waals surface area contributed by atoms with Gasteiger partial charge < -0.3 is 0 Å². The molecule has 0 aromatic rings. The quantitative estimate of drug-likeness (QED) is 0.589. The number of allylic oxidation sites excluding steroid dienone is 4. The van der Waals surface area contributed by atoms with Crippen LogP contribution in [0.3, 0.4) is 0 Å². The van der Waals surface area contributed by atoms with Crippen molar-refractivity contribution in [2.45, 2.75) is 90.9 Å². The van der Waals surface area contributed by atoms with E-state index in [4.69, 9.17) is 0 Å². The van der Waals surface area contributed by atoms with Gasteiger partial charge in [-0.2, -0.15) is 0 Å². The molecule has 1 unspecified atom stereocenters. The highest BCUT2D eigenvalue weighted by Gasteiger charge is 2.16. The molecule has 0 aliphatic heterocycles. The predicted octanol–water partition coefficient (Wildman–Crippen LogP) is 5.96. The van der Waals surface area contributed by atoms with Gasteiger partial charge in [0.05, 0.1) is 0 Å². The van der Waals surface area contributed by atoms with Gasteiger partial charge in [0.15, 0.2) is 0 Å². The Kier molecular flexibility index (Phi) is 10.6. The zero-order chi connectivity index (χ0) is 16.9. The minimum atomic E-state index is 0.123. The molecule has 0 saturated heterocycles. The molecule has 130 valence electrons. The largest absolute Gasteiger partial charge is 0.300 e. The first kappa shape index (κ1) is 19.9. The molecule has 23 heavy (non-hydrogen) atoms. The molecule has 0 spiro atoms. The topological polar surface area (TPSA) is 34.1 Å². The second-order valence-electron chi connectivity index (χ2n) is 7.07. The summed E-state index contributed by atoms with van der Waals surface area (Å²) in [6, 6.07) is 0. The van der Waals surface area contributed by atoms with Crippen LogP contribution in [0.15, 0.2) is 23.8 Å². The van der Waals surface area contributed by atoms with Crippen molar-refractivity contribution in [3.05, 3.63) is 23.8 Å². The third kappa shape index (κ3) is 10.3. The van der Waals surface area contributed by atoms with Gasteiger partial charge in [0.25, 0.3) is 0 Å². The van der Waals surface area contributed by atoms with Gasteiger partial charge in [-0.05, 0) is 58.8 Å². The van der Waals surface area contributed by atoms with Crippen LogP contribution >= 0.6 is 0 Å². The Labute approximate surface area is 142 Å². The van der Waals surface area contributed by atoms with Gasteiger partial charge in [-0.25, -0.2) is 0 Å². The van der Waals surface area contributed by atoms with Crippen LogP contribution in [0.25, 0.3) is 0 Å². The fraction of sp³-hybridized carbons (Fsp3) is 0.714. The summed E-state index contributed by atoms with van der Waals surface area (Å²) in [5.41, 5.74) is 1.27. The van der Waals surface area contributed by atoms with Crippen LogP contribution in [0.1, 0.15) is 90.9 Å². The lowest BCUT2D eigenvalue weighted by Crippen LogP contribution is -2.14. The Morgan fingerprint density at radius 3 is 2.43 bits per heavy atom. The number of hydrogen-bond acceptors (Lipinski definition) is 2. The first-order valence-electron chi connectivity index (χ1n) is 9.42. The summed E-state index contributed by atoms with van der Waals surface area (Å²) in [4.78, 5) is 24.3. The van der Waals surface area contributed by atoms with Crippen molar-refractivity contribution >= 4 is 11.6 Å². The molecular formula is C21H34O2. The van der Waals surface area contributed by atoms with E-state index in [-0.39, 0.29) is 5.92 Å². The van der Waals surface area contributed by atoms with E-state index in [1.165, 1.54) is 18.4 Å². The highest BCUT2D eigenvalue weighted by atomic mass is 16.1. The lowest BCUT2D eigenvalue weighted by Gasteiger charge is -2.13. The van der Waals surface area contributed by atoms with Crippen LogP contribution < -0.4 is 0 Å². The van der Waals surface area contributed by atoms with Crippen molar-refractivity contribution < 1.29 is 9.59 Å². The maximum atomic E-state index is 12.5. The lowest BCUT2D eigenvalue weighted by atomic mass is 9.90. The third-order valence-corrected chi connectivity index (χ3v) is 4.57. The zero-order valence-electron chi connectivity index (χ0n) is 15.1. The molecule has 0 heterocycles. The molecule has 1 aliphatic carbocycles. The second kappa shape index (κ2) is 12.3. The van der Waals surface area contributed by atoms with E-state index < -0.39 is 0 Å². The minimum Gasteiger partial charge on any atom is -0.300 e. The molecule has 0 bridgehead atoms. The number of carbonyl (C=O) groups is 2. The number of hydrogen-bond donors (Lipinski definition) is 0. The van der Waals surface area contributed by atoms with Gasteiger partial charge >= 0.3 is 0 Å². The van der Waals surface area contributed by atoms with E-state index in [1.807, 2.05) is 0 Å². The Bertz CT molecular complexity index is 414. The third-order valence-electron chi connectivity index (χ3n) is 4.57. The SMILES string of the molecule is CC(C)=CCC1CC/C=C\CCCCCCC(=O)CCCC1=O. The molecule has 0 fully saturated rings. The van der Waals surface area contributed by atoms with Gasteiger partial charge in [0.2, 0.25) is 0 Å². The number of ketones is 2. The molecule has 0 saturated carbocycles. The highest BCUT2D eigenvalue weighted by molar-refractivity contribution is 5.82. The van der Waals surface area contributed by atoms with Crippen LogP contribution in [0.5, 0.6) is 0 Å². The molecular weight excluding hydrogens is 284 g/mol. The van der Waals surface area contributed by atoms with Crippen LogP contribution in [0.4, 0.5) is 0 Å².